The molecule has 1 aromatic rings. The van der Waals surface area contributed by atoms with E-state index in [1.807, 2.05) is 18.2 Å². The van der Waals surface area contributed by atoms with E-state index in [2.05, 4.69) is 35.8 Å². The van der Waals surface area contributed by atoms with Gasteiger partial charge >= 0.3 is 0 Å². The highest BCUT2D eigenvalue weighted by atomic mass is 16.5. The Morgan fingerprint density at radius 2 is 2.08 bits per heavy atom. The summed E-state index contributed by atoms with van der Waals surface area (Å²) < 4.78 is 5.50. The van der Waals surface area contributed by atoms with Gasteiger partial charge in [0.1, 0.15) is 12.4 Å². The van der Waals surface area contributed by atoms with E-state index in [9.17, 15) is 5.11 Å². The number of piperazine rings is 1. The second-order valence-corrected chi connectivity index (χ2v) is 6.90. The van der Waals surface area contributed by atoms with Gasteiger partial charge in [0.25, 0.3) is 0 Å². The number of ether oxygens (including phenoxy) is 1. The topological polar surface area (TPSA) is 56.2 Å². The van der Waals surface area contributed by atoms with E-state index in [0.29, 0.717) is 12.6 Å². The minimum atomic E-state index is 0.0285. The molecule has 5 heteroatoms. The molecular formula is C20H32N2O3. The summed E-state index contributed by atoms with van der Waals surface area (Å²) in [5.41, 5.74) is 2.56. The largest absolute Gasteiger partial charge is 0.491 e. The Morgan fingerprint density at radius 1 is 1.24 bits per heavy atom. The van der Waals surface area contributed by atoms with Crippen molar-refractivity contribution in [3.8, 4) is 5.75 Å². The zero-order chi connectivity index (χ0) is 18.1. The minimum absolute atomic E-state index is 0.0285. The minimum Gasteiger partial charge on any atom is -0.491 e. The summed E-state index contributed by atoms with van der Waals surface area (Å²) in [4.78, 5) is 4.92. The standard InChI is InChI=1S/C20H32N2O3/c1-17(2)6-8-22-10-9-21(16-19(22)7-11-23)15-18-4-3-5-20(14-18)25-13-12-24/h3-6,14,19,23-24H,7-13,15-16H2,1-2H3/t19-/m1/s1. The third-order valence-corrected chi connectivity index (χ3v) is 4.55. The van der Waals surface area contributed by atoms with Crippen molar-refractivity contribution in [1.82, 2.24) is 9.80 Å². The summed E-state index contributed by atoms with van der Waals surface area (Å²) in [5, 5.41) is 18.3. The molecule has 1 fully saturated rings. The van der Waals surface area contributed by atoms with Crippen molar-refractivity contribution in [2.75, 3.05) is 46.0 Å². The summed E-state index contributed by atoms with van der Waals surface area (Å²) in [5.74, 6) is 0.806. The predicted molar refractivity (Wildman–Crippen MR) is 101 cm³/mol. The SMILES string of the molecule is CC(C)=CCN1CCN(Cc2cccc(OCCO)c2)C[C@H]1CCO. The first-order valence-electron chi connectivity index (χ1n) is 9.15. The lowest BCUT2D eigenvalue weighted by molar-refractivity contribution is 0.0636. The van der Waals surface area contributed by atoms with Crippen molar-refractivity contribution in [3.63, 3.8) is 0 Å². The molecule has 2 rings (SSSR count). The van der Waals surface area contributed by atoms with Gasteiger partial charge in [0.15, 0.2) is 0 Å². The second kappa shape index (κ2) is 10.6. The molecule has 0 bridgehead atoms. The van der Waals surface area contributed by atoms with Gasteiger partial charge in [0.05, 0.1) is 6.61 Å². The molecule has 0 radical (unpaired) electrons. The maximum atomic E-state index is 9.41. The highest BCUT2D eigenvalue weighted by molar-refractivity contribution is 5.28. The Kier molecular flexibility index (Phi) is 8.41. The molecular weight excluding hydrogens is 316 g/mol. The molecule has 0 amide bonds. The van der Waals surface area contributed by atoms with E-state index in [0.717, 1.165) is 44.9 Å². The number of rotatable bonds is 9. The molecule has 1 heterocycles. The van der Waals surface area contributed by atoms with Crippen LogP contribution < -0.4 is 4.74 Å². The molecule has 2 N–H and O–H groups in total. The molecule has 0 aromatic heterocycles. The number of hydrogen-bond acceptors (Lipinski definition) is 5. The van der Waals surface area contributed by atoms with Crippen LogP contribution in [0.4, 0.5) is 0 Å². The van der Waals surface area contributed by atoms with Gasteiger partial charge in [0, 0.05) is 45.4 Å². The molecule has 25 heavy (non-hydrogen) atoms. The van der Waals surface area contributed by atoms with E-state index in [1.165, 1.54) is 11.1 Å². The smallest absolute Gasteiger partial charge is 0.119 e. The van der Waals surface area contributed by atoms with E-state index in [4.69, 9.17) is 9.84 Å². The summed E-state index contributed by atoms with van der Waals surface area (Å²) in [6, 6.07) is 8.47. The van der Waals surface area contributed by atoms with Crippen LogP contribution in [-0.4, -0.2) is 72.1 Å². The van der Waals surface area contributed by atoms with Crippen LogP contribution in [0, 0.1) is 0 Å². The first-order chi connectivity index (χ1) is 12.1. The lowest BCUT2D eigenvalue weighted by Crippen LogP contribution is -2.53. The Hall–Kier alpha value is -1.40. The van der Waals surface area contributed by atoms with Gasteiger partial charge in [-0.15, -0.1) is 0 Å². The summed E-state index contributed by atoms with van der Waals surface area (Å²) in [6.07, 6.45) is 3.08. The van der Waals surface area contributed by atoms with E-state index in [-0.39, 0.29) is 13.2 Å². The Labute approximate surface area is 151 Å². The molecule has 0 saturated carbocycles. The molecule has 1 aromatic carbocycles. The monoisotopic (exact) mass is 348 g/mol. The van der Waals surface area contributed by atoms with Gasteiger partial charge in [-0.25, -0.2) is 0 Å². The highest BCUT2D eigenvalue weighted by Crippen LogP contribution is 2.19. The average Bonchev–Trinajstić information content (AvgIpc) is 2.60. The number of allylic oxidation sites excluding steroid dienone is 1. The second-order valence-electron chi connectivity index (χ2n) is 6.90. The fourth-order valence-electron chi connectivity index (χ4n) is 3.22. The fraction of sp³-hybridized carbons (Fsp3) is 0.600. The maximum absolute atomic E-state index is 9.41. The molecule has 1 aliphatic rings. The van der Waals surface area contributed by atoms with E-state index >= 15 is 0 Å². The summed E-state index contributed by atoms with van der Waals surface area (Å²) >= 11 is 0. The van der Waals surface area contributed by atoms with Gasteiger partial charge < -0.3 is 14.9 Å². The van der Waals surface area contributed by atoms with Crippen molar-refractivity contribution >= 4 is 0 Å². The van der Waals surface area contributed by atoms with Gasteiger partial charge in [-0.2, -0.15) is 0 Å². The molecule has 0 spiro atoms. The number of aliphatic hydroxyl groups is 2. The fourth-order valence-corrected chi connectivity index (χ4v) is 3.22. The van der Waals surface area contributed by atoms with Crippen LogP contribution in [0.25, 0.3) is 0 Å². The first kappa shape index (κ1) is 19.9. The van der Waals surface area contributed by atoms with Gasteiger partial charge in [0.2, 0.25) is 0 Å². The van der Waals surface area contributed by atoms with Crippen LogP contribution in [0.1, 0.15) is 25.8 Å². The van der Waals surface area contributed by atoms with Crippen LogP contribution in [-0.2, 0) is 6.54 Å². The lowest BCUT2D eigenvalue weighted by Gasteiger charge is -2.41. The molecule has 1 aliphatic heterocycles. The highest BCUT2D eigenvalue weighted by Gasteiger charge is 2.25. The van der Waals surface area contributed by atoms with Crippen LogP contribution >= 0.6 is 0 Å². The Morgan fingerprint density at radius 3 is 2.80 bits per heavy atom. The van der Waals surface area contributed by atoms with E-state index < -0.39 is 0 Å². The molecule has 0 aliphatic carbocycles. The van der Waals surface area contributed by atoms with Crippen molar-refractivity contribution < 1.29 is 14.9 Å². The van der Waals surface area contributed by atoms with Crippen molar-refractivity contribution in [3.05, 3.63) is 41.5 Å². The van der Waals surface area contributed by atoms with Crippen molar-refractivity contribution in [2.24, 2.45) is 0 Å². The first-order valence-corrected chi connectivity index (χ1v) is 9.15. The van der Waals surface area contributed by atoms with Crippen LogP contribution in [0.2, 0.25) is 0 Å². The van der Waals surface area contributed by atoms with Gasteiger partial charge in [-0.3, -0.25) is 9.80 Å². The molecule has 140 valence electrons. The third-order valence-electron chi connectivity index (χ3n) is 4.55. The van der Waals surface area contributed by atoms with Crippen LogP contribution in [0.15, 0.2) is 35.9 Å². The van der Waals surface area contributed by atoms with Crippen molar-refractivity contribution in [1.29, 1.82) is 0 Å². The third kappa shape index (κ3) is 6.78. The summed E-state index contributed by atoms with van der Waals surface area (Å²) in [6.45, 7) is 9.71. The van der Waals surface area contributed by atoms with Crippen LogP contribution in [0.3, 0.4) is 0 Å². The average molecular weight is 348 g/mol. The summed E-state index contributed by atoms with van der Waals surface area (Å²) in [7, 11) is 0. The van der Waals surface area contributed by atoms with Crippen molar-refractivity contribution in [2.45, 2.75) is 32.9 Å². The zero-order valence-electron chi connectivity index (χ0n) is 15.5. The molecule has 0 unspecified atom stereocenters. The van der Waals surface area contributed by atoms with Gasteiger partial charge in [-0.1, -0.05) is 23.8 Å². The number of benzene rings is 1. The molecule has 5 nitrogen and oxygen atoms in total. The van der Waals surface area contributed by atoms with Crippen LogP contribution in [0.5, 0.6) is 5.75 Å². The zero-order valence-corrected chi connectivity index (χ0v) is 15.5. The van der Waals surface area contributed by atoms with Gasteiger partial charge in [-0.05, 0) is 38.0 Å². The Bertz CT molecular complexity index is 543. The molecule has 1 atom stereocenters. The number of nitrogens with zero attached hydrogens (tertiary/aromatic N) is 2. The quantitative estimate of drug-likeness (QED) is 0.668. The predicted octanol–water partition coefficient (Wildman–Crippen LogP) is 1.89. The number of hydrogen-bond donors (Lipinski definition) is 2. The maximum Gasteiger partial charge on any atom is 0.119 e. The normalized spacial score (nSPS) is 19.0. The van der Waals surface area contributed by atoms with E-state index in [1.54, 1.807) is 0 Å². The number of aliphatic hydroxyl groups excluding tert-OH is 2. The lowest BCUT2D eigenvalue weighted by atomic mass is 10.1. The Balaban J connectivity index is 1.94. The molecule has 1 saturated heterocycles.